The highest BCUT2D eigenvalue weighted by molar-refractivity contribution is 9.09. The largest absolute Gasteiger partial charge is 0.192 e. The Morgan fingerprint density at radius 1 is 0.632 bits per heavy atom. The molecule has 0 bridgehead atoms. The van der Waals surface area contributed by atoms with Gasteiger partial charge in [0, 0.05) is 9.79 Å². The molecule has 5 heteroatoms. The van der Waals surface area contributed by atoms with Crippen molar-refractivity contribution < 1.29 is 0 Å². The van der Waals surface area contributed by atoms with Gasteiger partial charge in [0.25, 0.3) is 0 Å². The third-order valence-corrected chi connectivity index (χ3v) is 6.08. The second kappa shape index (κ2) is 7.16. The van der Waals surface area contributed by atoms with Crippen LogP contribution in [0.4, 0.5) is 0 Å². The highest BCUT2D eigenvalue weighted by atomic mass is 33.5. The van der Waals surface area contributed by atoms with E-state index in [2.05, 4.69) is 12.1 Å². The minimum Gasteiger partial charge on any atom is -0.192 e. The Kier molecular flexibility index (Phi) is 5.23. The van der Waals surface area contributed by atoms with E-state index < -0.39 is 0 Å². The second-order valence-electron chi connectivity index (χ2n) is 3.51. The zero-order valence-corrected chi connectivity index (χ0v) is 12.2. The molecule has 2 aromatic rings. The van der Waals surface area contributed by atoms with E-state index in [4.69, 9.17) is 10.5 Å². The molecule has 0 aliphatic heterocycles. The SMILES string of the molecule is N#Cc1ccc(SSSc2ccc(C#N)cc2)cc1. The van der Waals surface area contributed by atoms with E-state index in [1.807, 2.05) is 48.5 Å². The van der Waals surface area contributed by atoms with Gasteiger partial charge in [0.2, 0.25) is 0 Å². The molecule has 0 fully saturated rings. The molecule has 0 amide bonds. The molecule has 0 unspecified atom stereocenters. The van der Waals surface area contributed by atoms with E-state index >= 15 is 0 Å². The lowest BCUT2D eigenvalue weighted by atomic mass is 10.2. The van der Waals surface area contributed by atoms with Crippen molar-refractivity contribution in [2.24, 2.45) is 0 Å². The lowest BCUT2D eigenvalue weighted by Crippen LogP contribution is -1.73. The van der Waals surface area contributed by atoms with Gasteiger partial charge in [-0.05, 0) is 79.9 Å². The molecule has 92 valence electrons. The Hall–Kier alpha value is -1.53. The Labute approximate surface area is 123 Å². The van der Waals surface area contributed by atoms with Crippen molar-refractivity contribution in [2.45, 2.75) is 9.79 Å². The quantitative estimate of drug-likeness (QED) is 0.753. The first kappa shape index (κ1) is 13.9. The molecule has 0 saturated heterocycles. The molecule has 0 heterocycles. The van der Waals surface area contributed by atoms with Crippen LogP contribution in [0.5, 0.6) is 0 Å². The molecule has 0 aliphatic rings. The zero-order valence-electron chi connectivity index (χ0n) is 9.74. The summed E-state index contributed by atoms with van der Waals surface area (Å²) in [6.07, 6.45) is 0. The fourth-order valence-electron chi connectivity index (χ4n) is 1.27. The molecule has 2 aromatic carbocycles. The van der Waals surface area contributed by atoms with Crippen molar-refractivity contribution in [1.82, 2.24) is 0 Å². The van der Waals surface area contributed by atoms with Gasteiger partial charge in [-0.15, -0.1) is 0 Å². The molecule has 0 spiro atoms. The molecule has 19 heavy (non-hydrogen) atoms. The number of hydrogen-bond donors (Lipinski definition) is 0. The summed E-state index contributed by atoms with van der Waals surface area (Å²) in [6, 6.07) is 19.2. The molecule has 2 rings (SSSR count). The maximum Gasteiger partial charge on any atom is 0.0991 e. The van der Waals surface area contributed by atoms with Gasteiger partial charge in [-0.25, -0.2) is 0 Å². The van der Waals surface area contributed by atoms with Crippen molar-refractivity contribution in [2.75, 3.05) is 0 Å². The van der Waals surface area contributed by atoms with Gasteiger partial charge < -0.3 is 0 Å². The van der Waals surface area contributed by atoms with Crippen LogP contribution in [0.15, 0.2) is 58.3 Å². The van der Waals surface area contributed by atoms with Gasteiger partial charge in [-0.1, -0.05) is 0 Å². The number of rotatable bonds is 4. The molecule has 0 aromatic heterocycles. The summed E-state index contributed by atoms with van der Waals surface area (Å²) in [4.78, 5) is 2.23. The fourth-order valence-corrected chi connectivity index (χ4v) is 4.91. The van der Waals surface area contributed by atoms with Crippen molar-refractivity contribution in [3.63, 3.8) is 0 Å². The van der Waals surface area contributed by atoms with Crippen LogP contribution < -0.4 is 0 Å². The Bertz CT molecular complexity index is 564. The minimum absolute atomic E-state index is 0.675. The van der Waals surface area contributed by atoms with Crippen LogP contribution in [-0.4, -0.2) is 0 Å². The van der Waals surface area contributed by atoms with Crippen molar-refractivity contribution in [3.8, 4) is 12.1 Å². The Morgan fingerprint density at radius 3 is 1.32 bits per heavy atom. The van der Waals surface area contributed by atoms with E-state index in [9.17, 15) is 0 Å². The molecule has 0 atom stereocenters. The third kappa shape index (κ3) is 4.25. The number of benzene rings is 2. The van der Waals surface area contributed by atoms with Gasteiger partial charge >= 0.3 is 0 Å². The standard InChI is InChI=1S/C14H8N2S3/c15-9-11-1-5-13(6-2-11)17-19-18-14-7-3-12(10-16)4-8-14/h1-8H. The summed E-state index contributed by atoms with van der Waals surface area (Å²) in [6.45, 7) is 0. The summed E-state index contributed by atoms with van der Waals surface area (Å²) >= 11 is 0. The second-order valence-corrected chi connectivity index (χ2v) is 7.55. The lowest BCUT2D eigenvalue weighted by Gasteiger charge is -2.01. The van der Waals surface area contributed by atoms with Gasteiger partial charge in [0.15, 0.2) is 0 Å². The topological polar surface area (TPSA) is 47.6 Å². The number of nitriles is 2. The zero-order chi connectivity index (χ0) is 13.5. The summed E-state index contributed by atoms with van der Waals surface area (Å²) in [5.74, 6) is 0. The third-order valence-electron chi connectivity index (χ3n) is 2.23. The maximum absolute atomic E-state index is 8.71. The van der Waals surface area contributed by atoms with Crippen molar-refractivity contribution >= 4 is 31.4 Å². The predicted octanol–water partition coefficient (Wildman–Crippen LogP) is 4.88. The van der Waals surface area contributed by atoms with E-state index in [1.165, 1.54) is 0 Å². The average molecular weight is 300 g/mol. The molecular weight excluding hydrogens is 292 g/mol. The summed E-state index contributed by atoms with van der Waals surface area (Å²) in [5.41, 5.74) is 1.35. The normalized spacial score (nSPS) is 9.58. The van der Waals surface area contributed by atoms with Gasteiger partial charge in [-0.2, -0.15) is 10.5 Å². The summed E-state index contributed by atoms with van der Waals surface area (Å²) in [5, 5.41) is 17.4. The smallest absolute Gasteiger partial charge is 0.0991 e. The molecule has 0 radical (unpaired) electrons. The first-order valence-electron chi connectivity index (χ1n) is 5.33. The van der Waals surface area contributed by atoms with Gasteiger partial charge in [-0.3, -0.25) is 0 Å². The fraction of sp³-hybridized carbons (Fsp3) is 0. The predicted molar refractivity (Wildman–Crippen MR) is 81.6 cm³/mol. The van der Waals surface area contributed by atoms with Crippen molar-refractivity contribution in [3.05, 3.63) is 59.7 Å². The van der Waals surface area contributed by atoms with Gasteiger partial charge in [0.1, 0.15) is 0 Å². The van der Waals surface area contributed by atoms with E-state index in [0.717, 1.165) is 9.79 Å². The van der Waals surface area contributed by atoms with E-state index in [1.54, 1.807) is 31.4 Å². The molecule has 0 saturated carbocycles. The van der Waals surface area contributed by atoms with Crippen LogP contribution in [0.3, 0.4) is 0 Å². The monoisotopic (exact) mass is 300 g/mol. The van der Waals surface area contributed by atoms with Crippen molar-refractivity contribution in [1.29, 1.82) is 10.5 Å². The summed E-state index contributed by atoms with van der Waals surface area (Å²) in [7, 11) is 4.95. The summed E-state index contributed by atoms with van der Waals surface area (Å²) < 4.78 is 0. The first-order chi connectivity index (χ1) is 9.31. The molecular formula is C14H8N2S3. The first-order valence-corrected chi connectivity index (χ1v) is 8.81. The molecule has 2 nitrogen and oxygen atoms in total. The Balaban J connectivity index is 1.85. The van der Waals surface area contributed by atoms with Crippen LogP contribution in [0.2, 0.25) is 0 Å². The Morgan fingerprint density at radius 2 is 1.00 bits per heavy atom. The highest BCUT2D eigenvalue weighted by Gasteiger charge is 1.99. The molecule has 0 N–H and O–H groups in total. The van der Waals surface area contributed by atoms with E-state index in [0.29, 0.717) is 11.1 Å². The van der Waals surface area contributed by atoms with Crippen LogP contribution in [0.25, 0.3) is 0 Å². The minimum atomic E-state index is 0.675. The van der Waals surface area contributed by atoms with Crippen LogP contribution in [-0.2, 0) is 0 Å². The van der Waals surface area contributed by atoms with Crippen LogP contribution >= 0.6 is 31.4 Å². The van der Waals surface area contributed by atoms with Crippen LogP contribution in [0, 0.1) is 22.7 Å². The number of hydrogen-bond acceptors (Lipinski definition) is 5. The lowest BCUT2D eigenvalue weighted by molar-refractivity contribution is 1.42. The van der Waals surface area contributed by atoms with Crippen LogP contribution in [0.1, 0.15) is 11.1 Å². The maximum atomic E-state index is 8.71. The van der Waals surface area contributed by atoms with Gasteiger partial charge in [0.05, 0.1) is 23.3 Å². The van der Waals surface area contributed by atoms with E-state index in [-0.39, 0.29) is 0 Å². The average Bonchev–Trinajstić information content (AvgIpc) is 2.49. The number of nitrogens with zero attached hydrogens (tertiary/aromatic N) is 2. The highest BCUT2D eigenvalue weighted by Crippen LogP contribution is 2.44. The molecule has 0 aliphatic carbocycles.